The van der Waals surface area contributed by atoms with E-state index in [1.807, 2.05) is 7.05 Å². The van der Waals surface area contributed by atoms with Gasteiger partial charge in [-0.25, -0.2) is 14.1 Å². The van der Waals surface area contributed by atoms with Gasteiger partial charge < -0.3 is 4.90 Å². The minimum absolute atomic E-state index is 0.0837. The van der Waals surface area contributed by atoms with Crippen molar-refractivity contribution in [3.63, 3.8) is 0 Å². The van der Waals surface area contributed by atoms with Gasteiger partial charge in [-0.3, -0.25) is 0 Å². The molecule has 2 N–H and O–H groups in total. The van der Waals surface area contributed by atoms with E-state index in [1.54, 1.807) is 0 Å². The maximum Gasteiger partial charge on any atom is 0.299 e. The van der Waals surface area contributed by atoms with E-state index in [0.29, 0.717) is 12.8 Å². The van der Waals surface area contributed by atoms with Crippen molar-refractivity contribution in [2.45, 2.75) is 18.9 Å². The third-order valence-corrected chi connectivity index (χ3v) is 4.42. The summed E-state index contributed by atoms with van der Waals surface area (Å²) in [5.74, 6) is -0.701. The first-order chi connectivity index (χ1) is 8.80. The second-order valence-corrected chi connectivity index (χ2v) is 6.24. The van der Waals surface area contributed by atoms with Gasteiger partial charge in [0.05, 0.1) is 6.20 Å². The van der Waals surface area contributed by atoms with Gasteiger partial charge in [-0.15, -0.1) is 0 Å². The Labute approximate surface area is 112 Å². The van der Waals surface area contributed by atoms with Crippen LogP contribution in [0.4, 0.5) is 10.1 Å². The molecular weight excluding hydrogens is 273 g/mol. The number of piperidine rings is 1. The van der Waals surface area contributed by atoms with Crippen molar-refractivity contribution in [2.75, 3.05) is 24.4 Å². The van der Waals surface area contributed by atoms with Gasteiger partial charge in [-0.2, -0.15) is 17.9 Å². The molecule has 0 atom stereocenters. The first-order valence-electron chi connectivity index (χ1n) is 5.99. The molecule has 0 saturated carbocycles. The number of rotatable bonds is 3. The molecule has 9 heteroatoms. The van der Waals surface area contributed by atoms with Crippen molar-refractivity contribution in [3.05, 3.63) is 12.1 Å². The van der Waals surface area contributed by atoms with E-state index in [1.165, 1.54) is 13.2 Å². The fraction of sp³-hybridized carbons (Fsp3) is 0.700. The summed E-state index contributed by atoms with van der Waals surface area (Å²) < 4.78 is 39.4. The molecule has 2 heterocycles. The van der Waals surface area contributed by atoms with Crippen LogP contribution in [0.5, 0.6) is 0 Å². The number of halogens is 1. The van der Waals surface area contributed by atoms with Crippen molar-refractivity contribution in [1.82, 2.24) is 14.7 Å². The first-order valence-corrected chi connectivity index (χ1v) is 7.49. The van der Waals surface area contributed by atoms with Gasteiger partial charge in [0.2, 0.25) is 5.95 Å². The third kappa shape index (κ3) is 2.88. The Morgan fingerprint density at radius 1 is 1.42 bits per heavy atom. The largest absolute Gasteiger partial charge is 0.306 e. The van der Waals surface area contributed by atoms with Crippen LogP contribution in [0.2, 0.25) is 0 Å². The SMILES string of the molecule is CN1CCC(N(c2cnn(C)c2F)S(N)(=O)=O)CC1. The van der Waals surface area contributed by atoms with E-state index in [-0.39, 0.29) is 11.7 Å². The van der Waals surface area contributed by atoms with Crippen LogP contribution in [0.25, 0.3) is 0 Å². The van der Waals surface area contributed by atoms with Crippen LogP contribution < -0.4 is 9.44 Å². The van der Waals surface area contributed by atoms with Crippen molar-refractivity contribution < 1.29 is 12.8 Å². The van der Waals surface area contributed by atoms with Gasteiger partial charge in [0.25, 0.3) is 10.2 Å². The monoisotopic (exact) mass is 291 g/mol. The average molecular weight is 291 g/mol. The number of anilines is 1. The van der Waals surface area contributed by atoms with Crippen molar-refractivity contribution in [2.24, 2.45) is 12.2 Å². The number of likely N-dealkylation sites (tertiary alicyclic amines) is 1. The topological polar surface area (TPSA) is 84.5 Å². The van der Waals surface area contributed by atoms with Crippen molar-refractivity contribution >= 4 is 15.9 Å². The van der Waals surface area contributed by atoms with E-state index in [9.17, 15) is 12.8 Å². The highest BCUT2D eigenvalue weighted by atomic mass is 32.2. The highest BCUT2D eigenvalue weighted by Gasteiger charge is 2.33. The number of nitrogens with two attached hydrogens (primary N) is 1. The summed E-state index contributed by atoms with van der Waals surface area (Å²) >= 11 is 0. The predicted octanol–water partition coefficient (Wildman–Crippen LogP) is -0.337. The summed E-state index contributed by atoms with van der Waals surface area (Å²) in [5.41, 5.74) is -0.0837. The average Bonchev–Trinajstić information content (AvgIpc) is 2.62. The molecule has 0 unspecified atom stereocenters. The molecule has 1 aromatic heterocycles. The Hall–Kier alpha value is -1.19. The molecule has 1 aromatic rings. The number of hydrogen-bond acceptors (Lipinski definition) is 4. The molecule has 108 valence electrons. The molecular formula is C10H18FN5O2S. The van der Waals surface area contributed by atoms with Gasteiger partial charge in [0, 0.05) is 13.1 Å². The van der Waals surface area contributed by atoms with Gasteiger partial charge in [0.15, 0.2) is 0 Å². The number of nitrogens with zero attached hydrogens (tertiary/aromatic N) is 4. The van der Waals surface area contributed by atoms with E-state index in [0.717, 1.165) is 22.1 Å². The minimum atomic E-state index is -4.02. The van der Waals surface area contributed by atoms with Gasteiger partial charge >= 0.3 is 0 Å². The molecule has 0 aliphatic carbocycles. The van der Waals surface area contributed by atoms with Crippen LogP contribution in [0, 0.1) is 5.95 Å². The summed E-state index contributed by atoms with van der Waals surface area (Å²) in [6.07, 6.45) is 2.42. The number of aromatic nitrogens is 2. The van der Waals surface area contributed by atoms with Crippen LogP contribution in [-0.2, 0) is 17.3 Å². The van der Waals surface area contributed by atoms with Gasteiger partial charge in [0.1, 0.15) is 5.69 Å². The molecule has 7 nitrogen and oxygen atoms in total. The van der Waals surface area contributed by atoms with Crippen LogP contribution in [0.3, 0.4) is 0 Å². The first kappa shape index (κ1) is 14.2. The van der Waals surface area contributed by atoms with Gasteiger partial charge in [-0.1, -0.05) is 0 Å². The maximum atomic E-state index is 13.9. The Morgan fingerprint density at radius 3 is 2.42 bits per heavy atom. The van der Waals surface area contributed by atoms with Crippen molar-refractivity contribution in [1.29, 1.82) is 0 Å². The molecule has 2 rings (SSSR count). The zero-order chi connectivity index (χ0) is 14.2. The lowest BCUT2D eigenvalue weighted by Crippen LogP contribution is -2.49. The molecule has 0 bridgehead atoms. The summed E-state index contributed by atoms with van der Waals surface area (Å²) in [6.45, 7) is 1.50. The normalized spacial score (nSPS) is 18.7. The van der Waals surface area contributed by atoms with E-state index in [4.69, 9.17) is 5.14 Å². The summed E-state index contributed by atoms with van der Waals surface area (Å²) in [4.78, 5) is 2.09. The summed E-state index contributed by atoms with van der Waals surface area (Å²) in [7, 11) is -0.651. The lowest BCUT2D eigenvalue weighted by molar-refractivity contribution is 0.257. The zero-order valence-corrected chi connectivity index (χ0v) is 11.8. The molecule has 1 aliphatic rings. The Balaban J connectivity index is 2.35. The Bertz CT molecular complexity index is 550. The number of hydrogen-bond donors (Lipinski definition) is 1. The molecule has 19 heavy (non-hydrogen) atoms. The smallest absolute Gasteiger partial charge is 0.299 e. The predicted molar refractivity (Wildman–Crippen MR) is 69.3 cm³/mol. The van der Waals surface area contributed by atoms with Crippen molar-refractivity contribution in [3.8, 4) is 0 Å². The molecule has 0 aromatic carbocycles. The Kier molecular flexibility index (Phi) is 3.79. The zero-order valence-electron chi connectivity index (χ0n) is 11.0. The van der Waals surface area contributed by atoms with Gasteiger partial charge in [-0.05, 0) is 33.0 Å². The molecule has 0 spiro atoms. The highest BCUT2D eigenvalue weighted by Crippen LogP contribution is 2.27. The minimum Gasteiger partial charge on any atom is -0.306 e. The third-order valence-electron chi connectivity index (χ3n) is 3.38. The standard InChI is InChI=1S/C10H18FN5O2S/c1-14-5-3-8(4-6-14)16(19(12,17)18)9-7-13-15(2)10(9)11/h7-8H,3-6H2,1-2H3,(H2,12,17,18). The lowest BCUT2D eigenvalue weighted by atomic mass is 10.1. The van der Waals surface area contributed by atoms with E-state index >= 15 is 0 Å². The second-order valence-electron chi connectivity index (χ2n) is 4.82. The summed E-state index contributed by atoms with van der Waals surface area (Å²) in [5, 5.41) is 8.97. The Morgan fingerprint density at radius 2 is 2.00 bits per heavy atom. The molecule has 1 aliphatic heterocycles. The summed E-state index contributed by atoms with van der Waals surface area (Å²) in [6, 6.07) is -0.329. The van der Waals surface area contributed by atoms with Crippen LogP contribution >= 0.6 is 0 Å². The lowest BCUT2D eigenvalue weighted by Gasteiger charge is -2.35. The highest BCUT2D eigenvalue weighted by molar-refractivity contribution is 7.90. The fourth-order valence-corrected chi connectivity index (χ4v) is 3.35. The quantitative estimate of drug-likeness (QED) is 0.826. The molecule has 0 amide bonds. The van der Waals surface area contributed by atoms with Crippen LogP contribution in [0.15, 0.2) is 6.20 Å². The van der Waals surface area contributed by atoms with E-state index < -0.39 is 16.2 Å². The second kappa shape index (κ2) is 5.06. The molecule has 1 saturated heterocycles. The van der Waals surface area contributed by atoms with Crippen LogP contribution in [-0.4, -0.2) is 49.3 Å². The molecule has 0 radical (unpaired) electrons. The van der Waals surface area contributed by atoms with E-state index in [2.05, 4.69) is 10.00 Å². The maximum absolute atomic E-state index is 13.9. The van der Waals surface area contributed by atoms with Crippen LogP contribution in [0.1, 0.15) is 12.8 Å². The number of aryl methyl sites for hydroxylation is 1. The fourth-order valence-electron chi connectivity index (χ4n) is 2.33. The molecule has 1 fully saturated rings.